The molecule has 2 nitrogen and oxygen atoms in total. The van der Waals surface area contributed by atoms with E-state index in [2.05, 4.69) is 15.9 Å². The van der Waals surface area contributed by atoms with Crippen LogP contribution in [0, 0.1) is 5.82 Å². The first-order valence-corrected chi connectivity index (χ1v) is 6.75. The summed E-state index contributed by atoms with van der Waals surface area (Å²) < 4.78 is 13.7. The highest BCUT2D eigenvalue weighted by Gasteiger charge is 2.19. The highest BCUT2D eigenvalue weighted by molar-refractivity contribution is 9.10. The van der Waals surface area contributed by atoms with E-state index in [0.29, 0.717) is 12.1 Å². The van der Waals surface area contributed by atoms with Gasteiger partial charge in [-0.25, -0.2) is 4.39 Å². The summed E-state index contributed by atoms with van der Waals surface area (Å²) in [5.41, 5.74) is 1.12. The maximum Gasteiger partial charge on any atom is 0.259 e. The highest BCUT2D eigenvalue weighted by Crippen LogP contribution is 2.24. The Bertz CT molecular complexity index is 586. The zero-order valence-corrected chi connectivity index (χ0v) is 12.0. The van der Waals surface area contributed by atoms with Crippen LogP contribution < -0.4 is 4.90 Å². The second kappa shape index (κ2) is 5.97. The summed E-state index contributed by atoms with van der Waals surface area (Å²) >= 11 is 3.13. The van der Waals surface area contributed by atoms with Crippen LogP contribution in [-0.4, -0.2) is 12.5 Å². The van der Waals surface area contributed by atoms with E-state index in [4.69, 9.17) is 0 Å². The number of carbonyl (C=O) groups is 1. The quantitative estimate of drug-likeness (QED) is 0.827. The Labute approximate surface area is 120 Å². The molecule has 0 saturated carbocycles. The van der Waals surface area contributed by atoms with Crippen molar-refractivity contribution in [3.63, 3.8) is 0 Å². The number of benzene rings is 2. The molecule has 0 saturated heterocycles. The molecule has 0 heterocycles. The summed E-state index contributed by atoms with van der Waals surface area (Å²) in [5, 5.41) is 0. The van der Waals surface area contributed by atoms with Crippen molar-refractivity contribution in [2.75, 3.05) is 11.4 Å². The fourth-order valence-corrected chi connectivity index (χ4v) is 2.30. The van der Waals surface area contributed by atoms with Gasteiger partial charge in [-0.3, -0.25) is 4.79 Å². The number of nitrogens with zero attached hydrogens (tertiary/aromatic N) is 1. The minimum Gasteiger partial charge on any atom is -0.309 e. The number of rotatable bonds is 3. The van der Waals surface area contributed by atoms with Gasteiger partial charge in [-0.1, -0.05) is 24.3 Å². The zero-order chi connectivity index (χ0) is 13.8. The molecule has 0 aromatic heterocycles. The number of hydrogen-bond acceptors (Lipinski definition) is 1. The lowest BCUT2D eigenvalue weighted by atomic mass is 10.1. The summed E-state index contributed by atoms with van der Waals surface area (Å²) in [7, 11) is 0. The van der Waals surface area contributed by atoms with Crippen molar-refractivity contribution >= 4 is 27.5 Å². The van der Waals surface area contributed by atoms with E-state index in [0.717, 1.165) is 5.69 Å². The van der Waals surface area contributed by atoms with Crippen molar-refractivity contribution in [1.82, 2.24) is 0 Å². The van der Waals surface area contributed by atoms with Gasteiger partial charge in [0.05, 0.1) is 10.0 Å². The molecule has 4 heteroatoms. The van der Waals surface area contributed by atoms with Crippen LogP contribution in [0.25, 0.3) is 0 Å². The lowest BCUT2D eigenvalue weighted by Crippen LogP contribution is -2.30. The van der Waals surface area contributed by atoms with Crippen molar-refractivity contribution in [2.45, 2.75) is 6.92 Å². The zero-order valence-electron chi connectivity index (χ0n) is 10.4. The molecule has 0 spiro atoms. The first-order valence-electron chi connectivity index (χ1n) is 5.96. The lowest BCUT2D eigenvalue weighted by Gasteiger charge is -2.21. The van der Waals surface area contributed by atoms with E-state index >= 15 is 0 Å². The van der Waals surface area contributed by atoms with Crippen molar-refractivity contribution in [3.8, 4) is 0 Å². The number of anilines is 1. The number of hydrogen-bond donors (Lipinski definition) is 0. The third-order valence-electron chi connectivity index (χ3n) is 2.81. The predicted molar refractivity (Wildman–Crippen MR) is 77.9 cm³/mol. The predicted octanol–water partition coefficient (Wildman–Crippen LogP) is 4.25. The number of carbonyl (C=O) groups excluding carboxylic acids is 1. The van der Waals surface area contributed by atoms with Crippen molar-refractivity contribution in [3.05, 3.63) is 64.4 Å². The second-order valence-corrected chi connectivity index (χ2v) is 4.78. The van der Waals surface area contributed by atoms with Gasteiger partial charge in [-0.15, -0.1) is 0 Å². The molecule has 0 aliphatic heterocycles. The fourth-order valence-electron chi connectivity index (χ4n) is 1.87. The molecule has 0 atom stereocenters. The monoisotopic (exact) mass is 321 g/mol. The van der Waals surface area contributed by atoms with Crippen LogP contribution in [0.3, 0.4) is 0 Å². The molecular formula is C15H13BrFNO. The first-order chi connectivity index (χ1) is 9.15. The van der Waals surface area contributed by atoms with Gasteiger partial charge in [0.15, 0.2) is 0 Å². The third-order valence-corrected chi connectivity index (χ3v) is 3.62. The Morgan fingerprint density at radius 1 is 1.16 bits per heavy atom. The van der Waals surface area contributed by atoms with E-state index < -0.39 is 5.82 Å². The Hall–Kier alpha value is -1.68. The van der Waals surface area contributed by atoms with Crippen LogP contribution in [0.5, 0.6) is 0 Å². The molecule has 0 N–H and O–H groups in total. The molecule has 0 fully saturated rings. The summed E-state index contributed by atoms with van der Waals surface area (Å²) in [5.74, 6) is -0.657. The van der Waals surface area contributed by atoms with Gasteiger partial charge in [0, 0.05) is 12.2 Å². The van der Waals surface area contributed by atoms with Gasteiger partial charge in [0.1, 0.15) is 5.82 Å². The van der Waals surface area contributed by atoms with Crippen molar-refractivity contribution in [1.29, 1.82) is 0 Å². The lowest BCUT2D eigenvalue weighted by molar-refractivity contribution is 0.0987. The smallest absolute Gasteiger partial charge is 0.259 e. The molecular weight excluding hydrogens is 309 g/mol. The molecule has 0 aliphatic rings. The average Bonchev–Trinajstić information content (AvgIpc) is 2.44. The number of amides is 1. The molecule has 2 aromatic rings. The van der Waals surface area contributed by atoms with E-state index in [9.17, 15) is 9.18 Å². The van der Waals surface area contributed by atoms with E-state index in [1.807, 2.05) is 37.3 Å². The van der Waals surface area contributed by atoms with Gasteiger partial charge in [-0.2, -0.15) is 0 Å². The molecule has 98 valence electrons. The molecule has 2 rings (SSSR count). The van der Waals surface area contributed by atoms with Crippen LogP contribution in [0.15, 0.2) is 53.0 Å². The SMILES string of the molecule is CCN(C(=O)c1cccc(F)c1Br)c1ccccc1. The third kappa shape index (κ3) is 2.84. The fraction of sp³-hybridized carbons (Fsp3) is 0.133. The Morgan fingerprint density at radius 2 is 1.84 bits per heavy atom. The molecule has 0 unspecified atom stereocenters. The normalized spacial score (nSPS) is 10.3. The number of para-hydroxylation sites is 1. The standard InChI is InChI=1S/C15H13BrFNO/c1-2-18(11-7-4-3-5-8-11)15(19)12-9-6-10-13(17)14(12)16/h3-10H,2H2,1H3. The first kappa shape index (κ1) is 13.7. The van der Waals surface area contributed by atoms with Crippen molar-refractivity contribution < 1.29 is 9.18 Å². The Morgan fingerprint density at radius 3 is 2.47 bits per heavy atom. The van der Waals surface area contributed by atoms with Gasteiger partial charge in [-0.05, 0) is 47.1 Å². The van der Waals surface area contributed by atoms with Gasteiger partial charge >= 0.3 is 0 Å². The molecule has 1 amide bonds. The number of halogens is 2. The summed E-state index contributed by atoms with van der Waals surface area (Å²) in [4.78, 5) is 14.1. The van der Waals surface area contributed by atoms with Crippen LogP contribution in [0.2, 0.25) is 0 Å². The molecule has 19 heavy (non-hydrogen) atoms. The average molecular weight is 322 g/mol. The van der Waals surface area contributed by atoms with Gasteiger partial charge in [0.2, 0.25) is 0 Å². The maximum absolute atomic E-state index is 13.5. The highest BCUT2D eigenvalue weighted by atomic mass is 79.9. The maximum atomic E-state index is 13.5. The molecule has 0 aliphatic carbocycles. The van der Waals surface area contributed by atoms with E-state index in [1.165, 1.54) is 12.1 Å². The van der Waals surface area contributed by atoms with Crippen LogP contribution in [0.1, 0.15) is 17.3 Å². The Kier molecular flexibility index (Phi) is 4.32. The van der Waals surface area contributed by atoms with Crippen LogP contribution in [0.4, 0.5) is 10.1 Å². The van der Waals surface area contributed by atoms with Crippen LogP contribution in [-0.2, 0) is 0 Å². The van der Waals surface area contributed by atoms with Crippen LogP contribution >= 0.6 is 15.9 Å². The summed E-state index contributed by atoms with van der Waals surface area (Å²) in [6.07, 6.45) is 0. The van der Waals surface area contributed by atoms with E-state index in [1.54, 1.807) is 11.0 Å². The van der Waals surface area contributed by atoms with Crippen molar-refractivity contribution in [2.24, 2.45) is 0 Å². The summed E-state index contributed by atoms with van der Waals surface area (Å²) in [6, 6.07) is 13.8. The topological polar surface area (TPSA) is 20.3 Å². The minimum absolute atomic E-state index is 0.203. The van der Waals surface area contributed by atoms with Gasteiger partial charge < -0.3 is 4.90 Å². The Balaban J connectivity index is 2.39. The molecule has 2 aromatic carbocycles. The summed E-state index contributed by atoms with van der Waals surface area (Å²) in [6.45, 7) is 2.41. The largest absolute Gasteiger partial charge is 0.309 e. The minimum atomic E-state index is -0.435. The van der Waals surface area contributed by atoms with Gasteiger partial charge in [0.25, 0.3) is 5.91 Å². The second-order valence-electron chi connectivity index (χ2n) is 3.99. The van der Waals surface area contributed by atoms with E-state index in [-0.39, 0.29) is 10.4 Å². The molecule has 0 bridgehead atoms. The molecule has 0 radical (unpaired) electrons.